The monoisotopic (exact) mass is 487 g/mol. The zero-order valence-corrected chi connectivity index (χ0v) is 19.4. The first-order valence-corrected chi connectivity index (χ1v) is 11.2. The molecule has 6 nitrogen and oxygen atoms in total. The fourth-order valence-electron chi connectivity index (χ4n) is 2.94. The quantitative estimate of drug-likeness (QED) is 0.165. The van der Waals surface area contributed by atoms with E-state index in [1.165, 1.54) is 11.3 Å². The minimum Gasteiger partial charge on any atom is -0.493 e. The van der Waals surface area contributed by atoms with Crippen LogP contribution >= 0.6 is 34.5 Å². The highest BCUT2D eigenvalue weighted by Gasteiger charge is 2.11. The van der Waals surface area contributed by atoms with Crippen molar-refractivity contribution in [1.29, 1.82) is 0 Å². The van der Waals surface area contributed by atoms with Gasteiger partial charge in [-0.05, 0) is 36.4 Å². The molecule has 4 rings (SSSR count). The molecule has 0 radical (unpaired) electrons. The van der Waals surface area contributed by atoms with Crippen molar-refractivity contribution < 1.29 is 14.2 Å². The van der Waals surface area contributed by atoms with Crippen LogP contribution in [-0.4, -0.2) is 31.5 Å². The van der Waals surface area contributed by atoms with Gasteiger partial charge in [0, 0.05) is 10.6 Å². The van der Waals surface area contributed by atoms with E-state index in [1.54, 1.807) is 25.5 Å². The number of hydrogen-bond donors (Lipinski definition) is 1. The molecular formula is C23H19Cl2N3O3S. The highest BCUT2D eigenvalue weighted by molar-refractivity contribution is 7.22. The molecule has 0 aliphatic carbocycles. The number of halogens is 2. The maximum Gasteiger partial charge on any atom is 0.204 e. The number of ether oxygens (including phenoxy) is 3. The van der Waals surface area contributed by atoms with Gasteiger partial charge in [0.05, 0.1) is 28.6 Å². The van der Waals surface area contributed by atoms with Gasteiger partial charge in [0.2, 0.25) is 5.13 Å². The zero-order valence-electron chi connectivity index (χ0n) is 17.0. The molecule has 0 bridgehead atoms. The summed E-state index contributed by atoms with van der Waals surface area (Å²) in [6.45, 7) is 0.575. The van der Waals surface area contributed by atoms with Crippen LogP contribution in [0.3, 0.4) is 0 Å². The van der Waals surface area contributed by atoms with E-state index in [1.807, 2.05) is 48.5 Å². The maximum atomic E-state index is 6.37. The lowest BCUT2D eigenvalue weighted by molar-refractivity contribution is 0.211. The molecule has 0 amide bonds. The Morgan fingerprint density at radius 1 is 1.00 bits per heavy atom. The molecule has 0 spiro atoms. The van der Waals surface area contributed by atoms with Gasteiger partial charge in [-0.3, -0.25) is 5.43 Å². The Balaban J connectivity index is 1.41. The first-order chi connectivity index (χ1) is 15.6. The third kappa shape index (κ3) is 5.43. The molecular weight excluding hydrogens is 469 g/mol. The molecule has 32 heavy (non-hydrogen) atoms. The predicted octanol–water partition coefficient (Wildman–Crippen LogP) is 6.52. The molecule has 0 fully saturated rings. The summed E-state index contributed by atoms with van der Waals surface area (Å²) in [5.74, 6) is 1.77. The number of nitrogens with one attached hydrogen (secondary N) is 1. The number of methoxy groups -OCH3 is 1. The molecule has 9 heteroatoms. The molecule has 1 aromatic heterocycles. The van der Waals surface area contributed by atoms with Crippen LogP contribution in [0.15, 0.2) is 65.8 Å². The summed E-state index contributed by atoms with van der Waals surface area (Å²) in [5, 5.41) is 5.83. The van der Waals surface area contributed by atoms with Gasteiger partial charge < -0.3 is 14.2 Å². The average molecular weight is 488 g/mol. The van der Waals surface area contributed by atoms with Crippen molar-refractivity contribution in [3.05, 3.63) is 76.3 Å². The lowest BCUT2D eigenvalue weighted by atomic mass is 10.2. The molecule has 1 N–H and O–H groups in total. The summed E-state index contributed by atoms with van der Waals surface area (Å²) in [6.07, 6.45) is 1.60. The zero-order chi connectivity index (χ0) is 22.3. The molecule has 3 aromatic carbocycles. The number of rotatable bonds is 9. The Kier molecular flexibility index (Phi) is 7.32. The van der Waals surface area contributed by atoms with Crippen molar-refractivity contribution in [3.8, 4) is 17.2 Å². The summed E-state index contributed by atoms with van der Waals surface area (Å²) < 4.78 is 18.0. The smallest absolute Gasteiger partial charge is 0.204 e. The van der Waals surface area contributed by atoms with Crippen molar-refractivity contribution >= 4 is 56.1 Å². The minimum absolute atomic E-state index is 0.269. The molecule has 0 saturated carbocycles. The van der Waals surface area contributed by atoms with Crippen molar-refractivity contribution in [1.82, 2.24) is 4.98 Å². The Morgan fingerprint density at radius 3 is 2.56 bits per heavy atom. The van der Waals surface area contributed by atoms with Crippen molar-refractivity contribution in [2.75, 3.05) is 25.7 Å². The minimum atomic E-state index is 0.269. The number of anilines is 1. The highest BCUT2D eigenvalue weighted by atomic mass is 35.5. The first-order valence-electron chi connectivity index (χ1n) is 9.66. The van der Waals surface area contributed by atoms with E-state index in [4.69, 9.17) is 37.4 Å². The van der Waals surface area contributed by atoms with E-state index < -0.39 is 0 Å². The number of thiazole rings is 1. The number of hydrazone groups is 1. The summed E-state index contributed by atoms with van der Waals surface area (Å²) in [4.78, 5) is 4.49. The number of fused-ring (bicyclic) bond motifs is 1. The maximum absolute atomic E-state index is 6.37. The fraction of sp³-hybridized carbons (Fsp3) is 0.130. The van der Waals surface area contributed by atoms with Gasteiger partial charge in [-0.1, -0.05) is 58.8 Å². The number of aromatic nitrogens is 1. The molecule has 0 saturated heterocycles. The number of para-hydroxylation sites is 3. The van der Waals surface area contributed by atoms with Crippen LogP contribution in [0.1, 0.15) is 5.56 Å². The van der Waals surface area contributed by atoms with Gasteiger partial charge in [0.25, 0.3) is 0 Å². The first kappa shape index (κ1) is 22.2. The van der Waals surface area contributed by atoms with Crippen LogP contribution in [0.2, 0.25) is 10.0 Å². The SMILES string of the molecule is COc1ccccc1OCCOc1c(Cl)cc(Cl)cc1/C=N/Nc1nc2ccccc2s1. The summed E-state index contributed by atoms with van der Waals surface area (Å²) >= 11 is 14.1. The van der Waals surface area contributed by atoms with Crippen LogP contribution in [-0.2, 0) is 0 Å². The van der Waals surface area contributed by atoms with Crippen molar-refractivity contribution in [2.24, 2.45) is 5.10 Å². The Bertz CT molecular complexity index is 1210. The topological polar surface area (TPSA) is 65.0 Å². The molecule has 4 aromatic rings. The second-order valence-corrected chi connectivity index (χ2v) is 8.38. The number of hydrogen-bond acceptors (Lipinski definition) is 7. The lowest BCUT2D eigenvalue weighted by Crippen LogP contribution is -2.11. The lowest BCUT2D eigenvalue weighted by Gasteiger charge is -2.13. The van der Waals surface area contributed by atoms with Crippen LogP contribution in [0.4, 0.5) is 5.13 Å². The summed E-state index contributed by atoms with van der Waals surface area (Å²) in [7, 11) is 1.60. The van der Waals surface area contributed by atoms with Gasteiger partial charge in [0.1, 0.15) is 19.0 Å². The standard InChI is InChI=1S/C23H19Cl2N3O3S/c1-29-19-7-3-4-8-20(19)30-10-11-31-22-15(12-16(24)13-17(22)25)14-26-28-23-27-18-6-2-5-9-21(18)32-23/h2-9,12-14H,10-11H2,1H3,(H,27,28)/b26-14+. The molecule has 0 aliphatic rings. The molecule has 0 aliphatic heterocycles. The van der Waals surface area contributed by atoms with Gasteiger partial charge in [-0.25, -0.2) is 4.98 Å². The molecule has 0 unspecified atom stereocenters. The Morgan fingerprint density at radius 2 is 1.75 bits per heavy atom. The summed E-state index contributed by atoms with van der Waals surface area (Å²) in [6, 6.07) is 18.7. The second kappa shape index (κ2) is 10.5. The van der Waals surface area contributed by atoms with Gasteiger partial charge in [0.15, 0.2) is 11.5 Å². The third-order valence-corrected chi connectivity index (χ3v) is 5.79. The second-order valence-electron chi connectivity index (χ2n) is 6.51. The Hall–Kier alpha value is -3.00. The largest absolute Gasteiger partial charge is 0.493 e. The van der Waals surface area contributed by atoms with Gasteiger partial charge >= 0.3 is 0 Å². The van der Waals surface area contributed by atoms with E-state index in [0.29, 0.717) is 44.6 Å². The van der Waals surface area contributed by atoms with Gasteiger partial charge in [-0.2, -0.15) is 5.10 Å². The fourth-order valence-corrected chi connectivity index (χ4v) is 4.32. The van der Waals surface area contributed by atoms with E-state index in [2.05, 4.69) is 15.5 Å². The van der Waals surface area contributed by atoms with Gasteiger partial charge in [-0.15, -0.1) is 0 Å². The van der Waals surface area contributed by atoms with Crippen molar-refractivity contribution in [2.45, 2.75) is 0 Å². The molecule has 0 atom stereocenters. The molecule has 1 heterocycles. The van der Waals surface area contributed by atoms with E-state index >= 15 is 0 Å². The third-order valence-electron chi connectivity index (χ3n) is 4.35. The van der Waals surface area contributed by atoms with Crippen molar-refractivity contribution in [3.63, 3.8) is 0 Å². The molecule has 164 valence electrons. The normalized spacial score (nSPS) is 11.1. The average Bonchev–Trinajstić information content (AvgIpc) is 3.21. The van der Waals surface area contributed by atoms with E-state index in [0.717, 1.165) is 10.2 Å². The van der Waals surface area contributed by atoms with Crippen LogP contribution in [0.5, 0.6) is 17.2 Å². The van der Waals surface area contributed by atoms with E-state index in [-0.39, 0.29) is 6.61 Å². The van der Waals surface area contributed by atoms with Crippen LogP contribution in [0.25, 0.3) is 10.2 Å². The predicted molar refractivity (Wildman–Crippen MR) is 131 cm³/mol. The summed E-state index contributed by atoms with van der Waals surface area (Å²) in [5.41, 5.74) is 4.50. The van der Waals surface area contributed by atoms with Crippen LogP contribution < -0.4 is 19.6 Å². The highest BCUT2D eigenvalue weighted by Crippen LogP contribution is 2.32. The number of nitrogens with zero attached hydrogens (tertiary/aromatic N) is 2. The van der Waals surface area contributed by atoms with E-state index in [9.17, 15) is 0 Å². The number of benzene rings is 3. The Labute approximate surface area is 199 Å². The van der Waals surface area contributed by atoms with Crippen LogP contribution in [0, 0.1) is 0 Å².